The van der Waals surface area contributed by atoms with E-state index in [9.17, 15) is 25.2 Å². The summed E-state index contributed by atoms with van der Waals surface area (Å²) in [5, 5.41) is 44.1. The van der Waals surface area contributed by atoms with E-state index in [-0.39, 0.29) is 28.9 Å². The van der Waals surface area contributed by atoms with Crippen LogP contribution in [0.3, 0.4) is 0 Å². The van der Waals surface area contributed by atoms with Gasteiger partial charge < -0.3 is 31.1 Å². The van der Waals surface area contributed by atoms with Crippen molar-refractivity contribution >= 4 is 5.91 Å². The third-order valence-electron chi connectivity index (χ3n) is 5.48. The van der Waals surface area contributed by atoms with E-state index in [2.05, 4.69) is 10.6 Å². The van der Waals surface area contributed by atoms with Gasteiger partial charge in [-0.15, -0.1) is 0 Å². The predicted molar refractivity (Wildman–Crippen MR) is 109 cm³/mol. The molecule has 1 fully saturated rings. The first kappa shape index (κ1) is 20.8. The van der Waals surface area contributed by atoms with Gasteiger partial charge in [-0.05, 0) is 73.5 Å². The van der Waals surface area contributed by atoms with Gasteiger partial charge in [0.1, 0.15) is 0 Å². The van der Waals surface area contributed by atoms with E-state index in [0.717, 1.165) is 37.8 Å². The Morgan fingerprint density at radius 1 is 0.862 bits per heavy atom. The van der Waals surface area contributed by atoms with Crippen molar-refractivity contribution < 1.29 is 25.2 Å². The van der Waals surface area contributed by atoms with Gasteiger partial charge in [0, 0.05) is 18.7 Å². The number of carbonyl (C=O) groups excluding carboxylic acids is 1. The van der Waals surface area contributed by atoms with E-state index in [0.29, 0.717) is 30.5 Å². The quantitative estimate of drug-likeness (QED) is 0.398. The van der Waals surface area contributed by atoms with Crippen LogP contribution in [-0.2, 0) is 6.54 Å². The average molecular weight is 400 g/mol. The van der Waals surface area contributed by atoms with E-state index in [1.54, 1.807) is 12.1 Å². The molecule has 6 N–H and O–H groups in total. The SMILES string of the molecule is O=C(NCC1CCCC(CNCc2ccc(O)c(O)c2)C1)c1ccc(O)c(O)c1. The maximum Gasteiger partial charge on any atom is 0.251 e. The Balaban J connectivity index is 1.42. The lowest BCUT2D eigenvalue weighted by molar-refractivity contribution is 0.0939. The van der Waals surface area contributed by atoms with Gasteiger partial charge in [-0.2, -0.15) is 0 Å². The van der Waals surface area contributed by atoms with Gasteiger partial charge in [0.05, 0.1) is 0 Å². The molecule has 2 aromatic carbocycles. The zero-order chi connectivity index (χ0) is 20.8. The van der Waals surface area contributed by atoms with Crippen LogP contribution in [0.15, 0.2) is 36.4 Å². The Kier molecular flexibility index (Phi) is 6.82. The van der Waals surface area contributed by atoms with E-state index in [1.807, 2.05) is 0 Å². The van der Waals surface area contributed by atoms with Gasteiger partial charge in [-0.1, -0.05) is 12.5 Å². The van der Waals surface area contributed by atoms with Gasteiger partial charge in [0.2, 0.25) is 0 Å². The Labute approximate surface area is 170 Å². The molecule has 2 aromatic rings. The van der Waals surface area contributed by atoms with Crippen LogP contribution in [0.25, 0.3) is 0 Å². The number of carbonyl (C=O) groups is 1. The maximum absolute atomic E-state index is 12.3. The monoisotopic (exact) mass is 400 g/mol. The summed E-state index contributed by atoms with van der Waals surface area (Å²) in [5.74, 6) is -0.104. The molecule has 1 aliphatic rings. The predicted octanol–water partition coefficient (Wildman–Crippen LogP) is 2.84. The van der Waals surface area contributed by atoms with Crippen LogP contribution in [0.2, 0.25) is 0 Å². The minimum absolute atomic E-state index is 0.111. The van der Waals surface area contributed by atoms with Crippen LogP contribution >= 0.6 is 0 Å². The highest BCUT2D eigenvalue weighted by Crippen LogP contribution is 2.29. The Morgan fingerprint density at radius 2 is 1.52 bits per heavy atom. The topological polar surface area (TPSA) is 122 Å². The molecule has 7 heteroatoms. The smallest absolute Gasteiger partial charge is 0.251 e. The summed E-state index contributed by atoms with van der Waals surface area (Å²) < 4.78 is 0. The average Bonchev–Trinajstić information content (AvgIpc) is 2.71. The lowest BCUT2D eigenvalue weighted by Crippen LogP contribution is -2.34. The zero-order valence-electron chi connectivity index (χ0n) is 16.3. The molecule has 0 aromatic heterocycles. The van der Waals surface area contributed by atoms with Gasteiger partial charge in [-0.3, -0.25) is 4.79 Å². The fraction of sp³-hybridized carbons (Fsp3) is 0.409. The number of phenolic OH excluding ortho intramolecular Hbond substituents is 4. The molecule has 0 bridgehead atoms. The summed E-state index contributed by atoms with van der Waals surface area (Å²) in [6.45, 7) is 2.07. The number of nitrogens with one attached hydrogen (secondary N) is 2. The molecule has 2 unspecified atom stereocenters. The molecule has 0 radical (unpaired) electrons. The Morgan fingerprint density at radius 3 is 2.21 bits per heavy atom. The number of phenols is 4. The number of hydrogen-bond donors (Lipinski definition) is 6. The highest BCUT2D eigenvalue weighted by atomic mass is 16.3. The Bertz CT molecular complexity index is 855. The lowest BCUT2D eigenvalue weighted by Gasteiger charge is -2.29. The number of hydrogen-bond acceptors (Lipinski definition) is 6. The zero-order valence-corrected chi connectivity index (χ0v) is 16.3. The molecule has 3 rings (SSSR count). The third-order valence-corrected chi connectivity index (χ3v) is 5.48. The van der Waals surface area contributed by atoms with Crippen molar-refractivity contribution in [2.75, 3.05) is 13.1 Å². The molecule has 156 valence electrons. The summed E-state index contributed by atoms with van der Waals surface area (Å²) in [5.41, 5.74) is 1.24. The summed E-state index contributed by atoms with van der Waals surface area (Å²) in [7, 11) is 0. The van der Waals surface area contributed by atoms with Crippen LogP contribution < -0.4 is 10.6 Å². The molecule has 1 amide bonds. The first-order valence-electron chi connectivity index (χ1n) is 9.94. The van der Waals surface area contributed by atoms with E-state index < -0.39 is 0 Å². The van der Waals surface area contributed by atoms with Gasteiger partial charge >= 0.3 is 0 Å². The first-order valence-corrected chi connectivity index (χ1v) is 9.94. The highest BCUT2D eigenvalue weighted by molar-refractivity contribution is 5.94. The normalized spacial score (nSPS) is 19.0. The molecule has 0 aliphatic heterocycles. The van der Waals surface area contributed by atoms with E-state index >= 15 is 0 Å². The number of rotatable bonds is 7. The second-order valence-corrected chi connectivity index (χ2v) is 7.77. The first-order chi connectivity index (χ1) is 13.9. The van der Waals surface area contributed by atoms with Gasteiger partial charge in [0.25, 0.3) is 5.91 Å². The molecule has 1 saturated carbocycles. The summed E-state index contributed by atoms with van der Waals surface area (Å²) in [6.07, 6.45) is 4.36. The van der Waals surface area contributed by atoms with Crippen LogP contribution in [0.5, 0.6) is 23.0 Å². The Hall–Kier alpha value is -2.93. The van der Waals surface area contributed by atoms with Crippen LogP contribution in [0.1, 0.15) is 41.6 Å². The van der Waals surface area contributed by atoms with Gasteiger partial charge in [0.15, 0.2) is 23.0 Å². The van der Waals surface area contributed by atoms with Crippen molar-refractivity contribution in [3.05, 3.63) is 47.5 Å². The van der Waals surface area contributed by atoms with E-state index in [4.69, 9.17) is 0 Å². The van der Waals surface area contributed by atoms with Crippen molar-refractivity contribution in [1.29, 1.82) is 0 Å². The highest BCUT2D eigenvalue weighted by Gasteiger charge is 2.22. The standard InChI is InChI=1S/C22H28N2O5/c25-18-6-4-16(9-20(18)27)12-23-11-14-2-1-3-15(8-14)13-24-22(29)17-5-7-19(26)21(28)10-17/h4-7,9-10,14-15,23,25-28H,1-3,8,11-13H2,(H,24,29). The molecule has 0 spiro atoms. The third kappa shape index (κ3) is 5.77. The van der Waals surface area contributed by atoms with Gasteiger partial charge in [-0.25, -0.2) is 0 Å². The second kappa shape index (κ2) is 9.52. The maximum atomic E-state index is 12.3. The van der Waals surface area contributed by atoms with E-state index in [1.165, 1.54) is 24.3 Å². The molecule has 1 aliphatic carbocycles. The van der Waals surface area contributed by atoms with Crippen molar-refractivity contribution in [1.82, 2.24) is 10.6 Å². The van der Waals surface area contributed by atoms with Crippen LogP contribution in [0.4, 0.5) is 0 Å². The molecule has 29 heavy (non-hydrogen) atoms. The second-order valence-electron chi connectivity index (χ2n) is 7.77. The fourth-order valence-electron chi connectivity index (χ4n) is 3.88. The summed E-state index contributed by atoms with van der Waals surface area (Å²) in [4.78, 5) is 12.3. The molecular weight excluding hydrogens is 372 g/mol. The molecule has 2 atom stereocenters. The van der Waals surface area contributed by atoms with Crippen molar-refractivity contribution in [2.24, 2.45) is 11.8 Å². The largest absolute Gasteiger partial charge is 0.504 e. The lowest BCUT2D eigenvalue weighted by atomic mass is 9.81. The molecular formula is C22H28N2O5. The van der Waals surface area contributed by atoms with Crippen molar-refractivity contribution in [3.8, 4) is 23.0 Å². The minimum atomic E-state index is -0.302. The number of benzene rings is 2. The molecule has 7 nitrogen and oxygen atoms in total. The molecule has 0 heterocycles. The minimum Gasteiger partial charge on any atom is -0.504 e. The van der Waals surface area contributed by atoms with Crippen molar-refractivity contribution in [3.63, 3.8) is 0 Å². The molecule has 0 saturated heterocycles. The van der Waals surface area contributed by atoms with Crippen LogP contribution in [-0.4, -0.2) is 39.4 Å². The summed E-state index contributed by atoms with van der Waals surface area (Å²) >= 11 is 0. The van der Waals surface area contributed by atoms with Crippen molar-refractivity contribution in [2.45, 2.75) is 32.2 Å². The number of aromatic hydroxyl groups is 4. The number of amides is 1. The van der Waals surface area contributed by atoms with Crippen LogP contribution in [0, 0.1) is 11.8 Å². The fourth-order valence-corrected chi connectivity index (χ4v) is 3.88. The summed E-state index contributed by atoms with van der Waals surface area (Å²) in [6, 6.07) is 8.88.